The lowest BCUT2D eigenvalue weighted by Gasteiger charge is -2.30. The minimum atomic E-state index is -0.730. The number of H-pyrrole nitrogens is 2. The van der Waals surface area contributed by atoms with Crippen LogP contribution >= 0.6 is 11.6 Å². The molecule has 2 fully saturated rings. The third-order valence-corrected chi connectivity index (χ3v) is 10.1. The van der Waals surface area contributed by atoms with E-state index in [1.807, 2.05) is 33.8 Å². The Morgan fingerprint density at radius 1 is 0.764 bits per heavy atom. The van der Waals surface area contributed by atoms with E-state index in [-0.39, 0.29) is 47.6 Å². The highest BCUT2D eigenvalue weighted by molar-refractivity contribution is 6.31. The van der Waals surface area contributed by atoms with E-state index < -0.39 is 24.3 Å². The summed E-state index contributed by atoms with van der Waals surface area (Å²) in [5, 5.41) is 5.77. The predicted molar refractivity (Wildman–Crippen MR) is 205 cm³/mol. The van der Waals surface area contributed by atoms with E-state index in [9.17, 15) is 19.2 Å². The van der Waals surface area contributed by atoms with E-state index in [1.165, 1.54) is 14.2 Å². The molecule has 2 aromatic heterocycles. The highest BCUT2D eigenvalue weighted by Gasteiger charge is 2.41. The molecule has 5 rings (SSSR count). The minimum absolute atomic E-state index is 0.137. The van der Waals surface area contributed by atoms with Gasteiger partial charge in [-0.2, -0.15) is 0 Å². The van der Waals surface area contributed by atoms with Gasteiger partial charge in [0, 0.05) is 36.6 Å². The molecule has 2 aliphatic rings. The number of alkyl carbamates (subject to hydrolysis) is 2. The smallest absolute Gasteiger partial charge is 0.407 e. The molecule has 4 amide bonds. The number of rotatable bonds is 8. The average Bonchev–Trinajstić information content (AvgIpc) is 3.97. The van der Waals surface area contributed by atoms with Crippen molar-refractivity contribution in [1.82, 2.24) is 40.4 Å². The molecular weight excluding hydrogens is 724 g/mol. The Hall–Kier alpha value is -5.47. The van der Waals surface area contributed by atoms with Gasteiger partial charge in [0.15, 0.2) is 0 Å². The Balaban J connectivity index is 1.26. The van der Waals surface area contributed by atoms with Gasteiger partial charge in [-0.25, -0.2) is 19.6 Å². The van der Waals surface area contributed by atoms with Crippen LogP contribution in [0, 0.1) is 47.4 Å². The second-order valence-electron chi connectivity index (χ2n) is 14.9. The van der Waals surface area contributed by atoms with Crippen molar-refractivity contribution in [3.63, 3.8) is 0 Å². The minimum Gasteiger partial charge on any atom is -0.453 e. The number of nitrogens with one attached hydrogen (secondary N) is 4. The predicted octanol–water partition coefficient (Wildman–Crippen LogP) is 5.17. The molecule has 4 heterocycles. The zero-order valence-electron chi connectivity index (χ0n) is 32.5. The van der Waals surface area contributed by atoms with E-state index in [0.29, 0.717) is 52.3 Å². The normalized spacial score (nSPS) is 20.3. The van der Waals surface area contributed by atoms with Gasteiger partial charge in [-0.05, 0) is 66.6 Å². The van der Waals surface area contributed by atoms with E-state index in [0.717, 1.165) is 12.8 Å². The summed E-state index contributed by atoms with van der Waals surface area (Å²) in [6.07, 6.45) is 3.56. The largest absolute Gasteiger partial charge is 0.453 e. The molecule has 0 aliphatic carbocycles. The number of nitrogens with zero attached hydrogens (tertiary/aromatic N) is 4. The van der Waals surface area contributed by atoms with Gasteiger partial charge in [0.25, 0.3) is 0 Å². The molecule has 292 valence electrons. The summed E-state index contributed by atoms with van der Waals surface area (Å²) in [7, 11) is 2.54. The molecule has 15 heteroatoms. The van der Waals surface area contributed by atoms with Crippen molar-refractivity contribution in [2.75, 3.05) is 27.3 Å². The number of benzene rings is 1. The topological polar surface area (TPSA) is 175 Å². The van der Waals surface area contributed by atoms with Gasteiger partial charge >= 0.3 is 12.2 Å². The maximum Gasteiger partial charge on any atom is 0.407 e. The molecule has 0 bridgehead atoms. The molecule has 1 aromatic carbocycles. The van der Waals surface area contributed by atoms with Gasteiger partial charge in [-0.1, -0.05) is 65.0 Å². The molecule has 3 aromatic rings. The number of likely N-dealkylation sites (tertiary alicyclic amines) is 2. The fourth-order valence-corrected chi connectivity index (χ4v) is 7.19. The fraction of sp³-hybridized carbons (Fsp3) is 0.500. The summed E-state index contributed by atoms with van der Waals surface area (Å²) in [5.74, 6) is 13.4. The Bertz CT molecular complexity index is 2020. The summed E-state index contributed by atoms with van der Waals surface area (Å²) < 4.78 is 9.48. The first-order chi connectivity index (χ1) is 26.2. The lowest BCUT2D eigenvalue weighted by atomic mass is 10.0. The Morgan fingerprint density at radius 3 is 1.64 bits per heavy atom. The maximum absolute atomic E-state index is 13.6. The molecule has 2 saturated heterocycles. The van der Waals surface area contributed by atoms with Crippen LogP contribution in [0.25, 0.3) is 0 Å². The summed E-state index contributed by atoms with van der Waals surface area (Å²) in [6.45, 7) is 12.8. The van der Waals surface area contributed by atoms with Crippen LogP contribution in [0.15, 0.2) is 30.6 Å². The number of hydrogen-bond acceptors (Lipinski definition) is 8. The summed E-state index contributed by atoms with van der Waals surface area (Å²) in [4.78, 5) is 70.4. The number of halogens is 1. The molecule has 0 unspecified atom stereocenters. The number of carbonyl (C=O) groups is 4. The summed E-state index contributed by atoms with van der Waals surface area (Å²) in [5.41, 5.74) is 2.28. The quantitative estimate of drug-likeness (QED) is 0.227. The highest BCUT2D eigenvalue weighted by atomic mass is 35.5. The molecule has 14 nitrogen and oxygen atoms in total. The van der Waals surface area contributed by atoms with Crippen LogP contribution in [0.3, 0.4) is 0 Å². The molecular formula is C40H49ClN8O6. The van der Waals surface area contributed by atoms with Crippen LogP contribution in [0.4, 0.5) is 9.59 Å². The van der Waals surface area contributed by atoms with Crippen molar-refractivity contribution in [2.24, 2.45) is 23.7 Å². The molecule has 4 N–H and O–H groups in total. The number of aromatic nitrogens is 4. The van der Waals surface area contributed by atoms with Crippen molar-refractivity contribution in [1.29, 1.82) is 0 Å². The maximum atomic E-state index is 13.6. The van der Waals surface area contributed by atoms with Crippen molar-refractivity contribution in [3.05, 3.63) is 69.8 Å². The SMILES string of the molecule is COC(=O)N[C@H](C(=O)N1C[C@@H](C)C[C@H]1c1nc(C#Cc2ccc(C#Cc3c[nH]c([C@@H]4C[C@H](C)CN4C(=O)[C@@H](NC(=O)OC)C(C)C)n3)c(Cl)c2)c[nH]1)C(C)C. The van der Waals surface area contributed by atoms with E-state index in [1.54, 1.807) is 34.3 Å². The van der Waals surface area contributed by atoms with Crippen LogP contribution in [-0.2, 0) is 19.1 Å². The van der Waals surface area contributed by atoms with Crippen molar-refractivity contribution in [3.8, 4) is 23.7 Å². The van der Waals surface area contributed by atoms with E-state index in [4.69, 9.17) is 31.0 Å². The van der Waals surface area contributed by atoms with Gasteiger partial charge in [-0.15, -0.1) is 0 Å². The molecule has 0 spiro atoms. The second kappa shape index (κ2) is 17.8. The van der Waals surface area contributed by atoms with E-state index >= 15 is 0 Å². The third kappa shape index (κ3) is 9.80. The number of methoxy groups -OCH3 is 2. The monoisotopic (exact) mass is 772 g/mol. The van der Waals surface area contributed by atoms with E-state index in [2.05, 4.69) is 58.1 Å². The first-order valence-corrected chi connectivity index (χ1v) is 18.8. The average molecular weight is 773 g/mol. The van der Waals surface area contributed by atoms with Crippen molar-refractivity contribution in [2.45, 2.75) is 78.6 Å². The molecule has 6 atom stereocenters. The molecule has 0 radical (unpaired) electrons. The standard InChI is InChI=1S/C40H49ClN8O6/c1-22(2)33(46-39(52)54-7)37(50)48-20-24(5)15-31(48)35-42-18-28(44-35)13-10-26-9-11-27(30(41)17-26)12-14-29-19-43-36(45-29)32-16-25(6)21-49(32)38(51)34(23(3)4)47-40(53)55-8/h9,11,17-19,22-25,31-34H,15-16,20-21H2,1-8H3,(H,42,44)(H,43,45)(H,46,52)(H,47,53)/t24-,25-,31-,32-,33-,34-/m0/s1. The molecule has 55 heavy (non-hydrogen) atoms. The second-order valence-corrected chi connectivity index (χ2v) is 15.4. The number of imidazole rings is 2. The number of ether oxygens (including phenoxy) is 2. The van der Waals surface area contributed by atoms with Crippen LogP contribution in [0.5, 0.6) is 0 Å². The fourth-order valence-electron chi connectivity index (χ4n) is 6.96. The Labute approximate surface area is 326 Å². The van der Waals surface area contributed by atoms with Crippen LogP contribution in [0.2, 0.25) is 5.02 Å². The van der Waals surface area contributed by atoms with Crippen LogP contribution in [-0.4, -0.2) is 93.1 Å². The van der Waals surface area contributed by atoms with Crippen LogP contribution < -0.4 is 10.6 Å². The Kier molecular flexibility index (Phi) is 13.2. The van der Waals surface area contributed by atoms with Crippen molar-refractivity contribution >= 4 is 35.6 Å². The van der Waals surface area contributed by atoms with Gasteiger partial charge < -0.3 is 39.9 Å². The van der Waals surface area contributed by atoms with Gasteiger partial charge in [-0.3, -0.25) is 9.59 Å². The van der Waals surface area contributed by atoms with Gasteiger partial charge in [0.2, 0.25) is 11.8 Å². The van der Waals surface area contributed by atoms with Gasteiger partial charge in [0.1, 0.15) is 35.1 Å². The lowest BCUT2D eigenvalue weighted by molar-refractivity contribution is -0.136. The first-order valence-electron chi connectivity index (χ1n) is 18.4. The summed E-state index contributed by atoms with van der Waals surface area (Å²) in [6, 6.07) is 3.32. The highest BCUT2D eigenvalue weighted by Crippen LogP contribution is 2.36. The molecule has 0 saturated carbocycles. The zero-order chi connectivity index (χ0) is 40.0. The summed E-state index contributed by atoms with van der Waals surface area (Å²) >= 11 is 6.62. The lowest BCUT2D eigenvalue weighted by Crippen LogP contribution is -2.51. The molecule has 2 aliphatic heterocycles. The Morgan fingerprint density at radius 2 is 1.22 bits per heavy atom. The number of amides is 4. The van der Waals surface area contributed by atoms with Crippen LogP contribution in [0.1, 0.15) is 101 Å². The first kappa shape index (κ1) is 40.7. The number of carbonyl (C=O) groups excluding carboxylic acids is 4. The number of hydrogen-bond donors (Lipinski definition) is 4. The third-order valence-electron chi connectivity index (χ3n) is 9.83. The van der Waals surface area contributed by atoms with Crippen molar-refractivity contribution < 1.29 is 28.7 Å². The number of aromatic amines is 2. The van der Waals surface area contributed by atoms with Gasteiger partial charge in [0.05, 0.1) is 31.3 Å². The zero-order valence-corrected chi connectivity index (χ0v) is 33.2.